The van der Waals surface area contributed by atoms with Crippen LogP contribution in [0, 0.1) is 0 Å². The quantitative estimate of drug-likeness (QED) is 0.933. The second-order valence-corrected chi connectivity index (χ2v) is 8.96. The Morgan fingerprint density at radius 1 is 1.18 bits per heavy atom. The van der Waals surface area contributed by atoms with Crippen LogP contribution in [0.3, 0.4) is 0 Å². The number of benzene rings is 2. The summed E-state index contributed by atoms with van der Waals surface area (Å²) in [6.45, 7) is 0. The molecule has 1 aliphatic heterocycles. The van der Waals surface area contributed by atoms with Crippen molar-refractivity contribution >= 4 is 44.0 Å². The van der Waals surface area contributed by atoms with Gasteiger partial charge in [0.05, 0.1) is 17.3 Å². The Balaban J connectivity index is 1.56. The molecule has 6 heteroatoms. The lowest BCUT2D eigenvalue weighted by molar-refractivity contribution is -0.113. The average Bonchev–Trinajstić information content (AvgIpc) is 2.84. The van der Waals surface area contributed by atoms with E-state index in [0.29, 0.717) is 6.42 Å². The third-order valence-electron chi connectivity index (χ3n) is 3.67. The van der Waals surface area contributed by atoms with E-state index in [0.717, 1.165) is 16.5 Å². The zero-order valence-electron chi connectivity index (χ0n) is 12.0. The van der Waals surface area contributed by atoms with Crippen LogP contribution in [0.25, 0.3) is 10.8 Å². The van der Waals surface area contributed by atoms with Crippen LogP contribution in [0.5, 0.6) is 0 Å². The topological polar surface area (TPSA) is 63.2 Å². The monoisotopic (exact) mass is 335 g/mol. The Hall–Kier alpha value is -1.53. The first-order valence-corrected chi connectivity index (χ1v) is 9.99. The second-order valence-electron chi connectivity index (χ2n) is 5.45. The van der Waals surface area contributed by atoms with Gasteiger partial charge >= 0.3 is 0 Å². The fourth-order valence-corrected chi connectivity index (χ4v) is 5.99. The molecule has 0 bridgehead atoms. The summed E-state index contributed by atoms with van der Waals surface area (Å²) in [6, 6.07) is 13.8. The molecule has 1 atom stereocenters. The normalized spacial score (nSPS) is 20.1. The zero-order valence-corrected chi connectivity index (χ0v) is 13.6. The molecule has 1 saturated heterocycles. The largest absolute Gasteiger partial charge is 0.325 e. The molecule has 1 heterocycles. The first kappa shape index (κ1) is 15.4. The molecule has 4 nitrogen and oxygen atoms in total. The average molecular weight is 335 g/mol. The van der Waals surface area contributed by atoms with Crippen LogP contribution in [0.1, 0.15) is 6.42 Å². The van der Waals surface area contributed by atoms with E-state index in [2.05, 4.69) is 5.32 Å². The van der Waals surface area contributed by atoms with Gasteiger partial charge in [0.25, 0.3) is 0 Å². The Bertz CT molecular complexity index is 802. The summed E-state index contributed by atoms with van der Waals surface area (Å²) in [7, 11) is -2.88. The van der Waals surface area contributed by atoms with Gasteiger partial charge in [0, 0.05) is 10.9 Å². The third-order valence-corrected chi connectivity index (χ3v) is 6.96. The Morgan fingerprint density at radius 2 is 1.95 bits per heavy atom. The number of thioether (sulfide) groups is 1. The van der Waals surface area contributed by atoms with Gasteiger partial charge in [-0.3, -0.25) is 4.79 Å². The van der Waals surface area contributed by atoms with Crippen LogP contribution >= 0.6 is 11.8 Å². The van der Waals surface area contributed by atoms with Crippen molar-refractivity contribution in [2.75, 3.05) is 22.6 Å². The smallest absolute Gasteiger partial charge is 0.234 e. The van der Waals surface area contributed by atoms with Gasteiger partial charge in [0.1, 0.15) is 0 Å². The number of carbonyl (C=O) groups excluding carboxylic acids is 1. The van der Waals surface area contributed by atoms with E-state index in [1.807, 2.05) is 42.5 Å². The molecule has 0 aromatic heterocycles. The fourth-order valence-electron chi connectivity index (χ4n) is 2.55. The van der Waals surface area contributed by atoms with E-state index in [1.165, 1.54) is 11.8 Å². The molecule has 0 spiro atoms. The number of rotatable bonds is 4. The van der Waals surface area contributed by atoms with Gasteiger partial charge in [-0.25, -0.2) is 8.42 Å². The lowest BCUT2D eigenvalue weighted by atomic mass is 10.1. The molecule has 1 N–H and O–H groups in total. The Kier molecular flexibility index (Phi) is 4.40. The summed E-state index contributed by atoms with van der Waals surface area (Å²) in [5, 5.41) is 5.13. The molecule has 1 amide bonds. The minimum absolute atomic E-state index is 0.0485. The van der Waals surface area contributed by atoms with Crippen molar-refractivity contribution in [2.24, 2.45) is 0 Å². The molecule has 116 valence electrons. The van der Waals surface area contributed by atoms with Gasteiger partial charge < -0.3 is 5.32 Å². The van der Waals surface area contributed by atoms with Crippen LogP contribution < -0.4 is 5.32 Å². The van der Waals surface area contributed by atoms with E-state index < -0.39 is 9.84 Å². The summed E-state index contributed by atoms with van der Waals surface area (Å²) in [5.74, 6) is 0.634. The van der Waals surface area contributed by atoms with Crippen molar-refractivity contribution in [1.29, 1.82) is 0 Å². The third kappa shape index (κ3) is 3.81. The molecular formula is C16H17NO3S2. The van der Waals surface area contributed by atoms with Crippen molar-refractivity contribution in [2.45, 2.75) is 11.7 Å². The van der Waals surface area contributed by atoms with Gasteiger partial charge in [-0.05, 0) is 29.3 Å². The SMILES string of the molecule is O=C(CS[C@@H]1CCS(=O)(=O)C1)Nc1ccc2ccccc2c1. The predicted molar refractivity (Wildman–Crippen MR) is 92.1 cm³/mol. The minimum atomic E-state index is -2.88. The highest BCUT2D eigenvalue weighted by atomic mass is 32.2. The summed E-state index contributed by atoms with van der Waals surface area (Å²) in [4.78, 5) is 12.0. The number of anilines is 1. The molecule has 0 radical (unpaired) electrons. The minimum Gasteiger partial charge on any atom is -0.325 e. The first-order valence-electron chi connectivity index (χ1n) is 7.12. The fraction of sp³-hybridized carbons (Fsp3) is 0.312. The molecule has 3 rings (SSSR count). The van der Waals surface area contributed by atoms with Crippen molar-refractivity contribution < 1.29 is 13.2 Å². The van der Waals surface area contributed by atoms with Crippen LogP contribution in [0.2, 0.25) is 0 Å². The maximum atomic E-state index is 12.0. The summed E-state index contributed by atoms with van der Waals surface area (Å²) >= 11 is 1.43. The number of hydrogen-bond donors (Lipinski definition) is 1. The maximum absolute atomic E-state index is 12.0. The zero-order chi connectivity index (χ0) is 15.6. The second kappa shape index (κ2) is 6.30. The summed E-state index contributed by atoms with van der Waals surface area (Å²) in [6.07, 6.45) is 0.649. The molecule has 2 aromatic rings. The molecule has 2 aromatic carbocycles. The molecule has 0 unspecified atom stereocenters. The van der Waals surface area contributed by atoms with Gasteiger partial charge in [-0.15, -0.1) is 11.8 Å². The van der Waals surface area contributed by atoms with E-state index >= 15 is 0 Å². The van der Waals surface area contributed by atoms with Crippen molar-refractivity contribution in [3.63, 3.8) is 0 Å². The first-order chi connectivity index (χ1) is 10.5. The highest BCUT2D eigenvalue weighted by molar-refractivity contribution is 8.02. The molecule has 0 aliphatic carbocycles. The summed E-state index contributed by atoms with van der Waals surface area (Å²) in [5.41, 5.74) is 0.767. The number of hydrogen-bond acceptors (Lipinski definition) is 4. The molecule has 1 aliphatic rings. The molecule has 1 fully saturated rings. The lowest BCUT2D eigenvalue weighted by Gasteiger charge is -2.09. The van der Waals surface area contributed by atoms with Crippen molar-refractivity contribution in [1.82, 2.24) is 0 Å². The van der Waals surface area contributed by atoms with Gasteiger partial charge in [0.15, 0.2) is 9.84 Å². The number of sulfone groups is 1. The van der Waals surface area contributed by atoms with Crippen molar-refractivity contribution in [3.05, 3.63) is 42.5 Å². The van der Waals surface area contributed by atoms with Crippen LogP contribution in [-0.4, -0.2) is 36.8 Å². The number of nitrogens with one attached hydrogen (secondary N) is 1. The maximum Gasteiger partial charge on any atom is 0.234 e. The van der Waals surface area contributed by atoms with E-state index in [1.54, 1.807) is 0 Å². The van der Waals surface area contributed by atoms with Crippen LogP contribution in [0.4, 0.5) is 5.69 Å². The summed E-state index contributed by atoms with van der Waals surface area (Å²) < 4.78 is 22.8. The van der Waals surface area contributed by atoms with E-state index in [4.69, 9.17) is 0 Å². The molecule has 0 saturated carbocycles. The van der Waals surface area contributed by atoms with Gasteiger partial charge in [0.2, 0.25) is 5.91 Å². The van der Waals surface area contributed by atoms with Crippen LogP contribution in [-0.2, 0) is 14.6 Å². The number of carbonyl (C=O) groups is 1. The Labute approximate surface area is 134 Å². The lowest BCUT2D eigenvalue weighted by Crippen LogP contribution is -2.17. The number of amides is 1. The standard InChI is InChI=1S/C16H17NO3S2/c18-16(10-21-15-7-8-22(19,20)11-15)17-14-6-5-12-3-1-2-4-13(12)9-14/h1-6,9,15H,7-8,10-11H2,(H,17,18)/t15-/m1/s1. The highest BCUT2D eigenvalue weighted by Crippen LogP contribution is 2.24. The van der Waals surface area contributed by atoms with Gasteiger partial charge in [-0.1, -0.05) is 30.3 Å². The predicted octanol–water partition coefficient (Wildman–Crippen LogP) is 2.70. The van der Waals surface area contributed by atoms with Crippen LogP contribution in [0.15, 0.2) is 42.5 Å². The number of fused-ring (bicyclic) bond motifs is 1. The van der Waals surface area contributed by atoms with Crippen molar-refractivity contribution in [3.8, 4) is 0 Å². The van der Waals surface area contributed by atoms with E-state index in [-0.39, 0.29) is 28.4 Å². The highest BCUT2D eigenvalue weighted by Gasteiger charge is 2.28. The van der Waals surface area contributed by atoms with E-state index in [9.17, 15) is 13.2 Å². The Morgan fingerprint density at radius 3 is 2.68 bits per heavy atom. The van der Waals surface area contributed by atoms with Gasteiger partial charge in [-0.2, -0.15) is 0 Å². The molecule has 22 heavy (non-hydrogen) atoms. The molecular weight excluding hydrogens is 318 g/mol.